The maximum Gasteiger partial charge on any atom is 0.330 e. The molecule has 0 radical (unpaired) electrons. The van der Waals surface area contributed by atoms with Crippen molar-refractivity contribution in [2.24, 2.45) is 0 Å². The third-order valence-electron chi connectivity index (χ3n) is 7.05. The van der Waals surface area contributed by atoms with Crippen LogP contribution in [-0.2, 0) is 24.5 Å². The van der Waals surface area contributed by atoms with Gasteiger partial charge in [0, 0.05) is 33.4 Å². The van der Waals surface area contributed by atoms with E-state index in [1.807, 2.05) is 0 Å². The molecule has 0 saturated heterocycles. The highest BCUT2D eigenvalue weighted by molar-refractivity contribution is 7.99. The van der Waals surface area contributed by atoms with E-state index in [-0.39, 0.29) is 0 Å². The van der Waals surface area contributed by atoms with E-state index in [0.29, 0.717) is 24.7 Å². The zero-order chi connectivity index (χ0) is 28.7. The monoisotopic (exact) mass is 578 g/mol. The minimum Gasteiger partial charge on any atom is -0.462 e. The van der Waals surface area contributed by atoms with E-state index < -0.39 is 17.4 Å². The molecule has 4 aromatic rings. The van der Waals surface area contributed by atoms with Crippen LogP contribution in [0.5, 0.6) is 0 Å². The zero-order valence-corrected chi connectivity index (χ0v) is 24.2. The highest BCUT2D eigenvalue weighted by Crippen LogP contribution is 2.56. The van der Waals surface area contributed by atoms with Crippen LogP contribution in [0.3, 0.4) is 0 Å². The van der Waals surface area contributed by atoms with Gasteiger partial charge in [0.1, 0.15) is 13.2 Å². The molecule has 6 heteroatoms. The third-order valence-corrected chi connectivity index (χ3v) is 9.01. The third kappa shape index (κ3) is 5.90. The lowest BCUT2D eigenvalue weighted by Crippen LogP contribution is -2.28. The van der Waals surface area contributed by atoms with E-state index in [2.05, 4.69) is 110 Å². The number of benzene rings is 4. The summed E-state index contributed by atoms with van der Waals surface area (Å²) in [5.74, 6) is 0.535. The average molecular weight is 579 g/mol. The first-order chi connectivity index (χ1) is 20.1. The Kier molecular flexibility index (Phi) is 9.12. The van der Waals surface area contributed by atoms with Gasteiger partial charge < -0.3 is 9.47 Å². The fourth-order valence-corrected chi connectivity index (χ4v) is 6.81. The van der Waals surface area contributed by atoms with Crippen molar-refractivity contribution in [2.45, 2.75) is 15.2 Å². The molecule has 5 rings (SSSR count). The molecule has 0 aliphatic heterocycles. The number of fused-ring (bicyclic) bond motifs is 3. The van der Waals surface area contributed by atoms with E-state index in [0.717, 1.165) is 9.79 Å². The minimum absolute atomic E-state index is 0.336. The second-order valence-corrected chi connectivity index (χ2v) is 11.7. The first kappa shape index (κ1) is 28.5. The van der Waals surface area contributed by atoms with Crippen LogP contribution < -0.4 is 0 Å². The van der Waals surface area contributed by atoms with Crippen molar-refractivity contribution < 1.29 is 19.1 Å². The predicted molar refractivity (Wildman–Crippen MR) is 168 cm³/mol. The van der Waals surface area contributed by atoms with Gasteiger partial charge in [-0.25, -0.2) is 9.59 Å². The van der Waals surface area contributed by atoms with Crippen LogP contribution in [-0.4, -0.2) is 36.7 Å². The summed E-state index contributed by atoms with van der Waals surface area (Å²) in [6, 6.07) is 34.8. The van der Waals surface area contributed by atoms with Crippen molar-refractivity contribution in [2.75, 3.05) is 24.7 Å². The highest BCUT2D eigenvalue weighted by Gasteiger charge is 2.45. The standard InChI is InChI=1S/C35H30O4S2/c1-3-33(36)38-21-23-40-27-17-13-25(14-18-27)35(26-15-19-28(20-16-26)41-24-22-39-34(37)4-2)31-11-7-5-9-29(31)30-10-6-8-12-32(30)35/h3-20H,1-2,21-24H2. The number of hydrogen-bond acceptors (Lipinski definition) is 6. The van der Waals surface area contributed by atoms with Gasteiger partial charge in [0.25, 0.3) is 0 Å². The number of ether oxygens (including phenoxy) is 2. The predicted octanol–water partition coefficient (Wildman–Crippen LogP) is 7.69. The number of thioether (sulfide) groups is 2. The summed E-state index contributed by atoms with van der Waals surface area (Å²) in [6.45, 7) is 7.55. The van der Waals surface area contributed by atoms with Gasteiger partial charge in [0.05, 0.1) is 5.41 Å². The van der Waals surface area contributed by atoms with Crippen molar-refractivity contribution in [1.29, 1.82) is 0 Å². The normalized spacial score (nSPS) is 12.6. The number of rotatable bonds is 12. The van der Waals surface area contributed by atoms with E-state index >= 15 is 0 Å². The van der Waals surface area contributed by atoms with Crippen LogP contribution in [0.2, 0.25) is 0 Å². The molecule has 0 fully saturated rings. The molecule has 0 bridgehead atoms. The summed E-state index contributed by atoms with van der Waals surface area (Å²) in [5, 5.41) is 0. The Bertz CT molecular complexity index is 1440. The largest absolute Gasteiger partial charge is 0.462 e. The van der Waals surface area contributed by atoms with Gasteiger partial charge in [-0.05, 0) is 57.6 Å². The lowest BCUT2D eigenvalue weighted by molar-refractivity contribution is -0.138. The summed E-state index contributed by atoms with van der Waals surface area (Å²) in [7, 11) is 0. The molecule has 1 aliphatic rings. The van der Waals surface area contributed by atoms with E-state index in [4.69, 9.17) is 9.47 Å². The van der Waals surface area contributed by atoms with Crippen LogP contribution in [0.15, 0.2) is 132 Å². The number of carbonyl (C=O) groups is 2. The van der Waals surface area contributed by atoms with Crippen molar-refractivity contribution in [3.05, 3.63) is 145 Å². The summed E-state index contributed by atoms with van der Waals surface area (Å²) < 4.78 is 10.2. The summed E-state index contributed by atoms with van der Waals surface area (Å²) >= 11 is 3.31. The van der Waals surface area contributed by atoms with Crippen LogP contribution in [0.1, 0.15) is 22.3 Å². The Morgan fingerprint density at radius 3 is 1.39 bits per heavy atom. The Morgan fingerprint density at radius 2 is 1.00 bits per heavy atom. The SMILES string of the molecule is C=CC(=O)OCCSc1ccc(C2(c3ccc(SCCOC(=O)C=C)cc3)c3ccccc3-c3ccccc32)cc1. The average Bonchev–Trinajstić information content (AvgIpc) is 3.33. The maximum absolute atomic E-state index is 11.3. The summed E-state index contributed by atoms with van der Waals surface area (Å²) in [4.78, 5) is 24.9. The number of hydrogen-bond donors (Lipinski definition) is 0. The molecule has 0 heterocycles. The van der Waals surface area contributed by atoms with Gasteiger partial charge in [0.2, 0.25) is 0 Å². The van der Waals surface area contributed by atoms with Gasteiger partial charge in [-0.3, -0.25) is 0 Å². The highest BCUT2D eigenvalue weighted by atomic mass is 32.2. The topological polar surface area (TPSA) is 52.6 Å². The van der Waals surface area contributed by atoms with E-state index in [9.17, 15) is 9.59 Å². The molecule has 4 nitrogen and oxygen atoms in total. The fraction of sp³-hybridized carbons (Fsp3) is 0.143. The first-order valence-electron chi connectivity index (χ1n) is 13.3. The molecule has 41 heavy (non-hydrogen) atoms. The lowest BCUT2D eigenvalue weighted by atomic mass is 9.68. The first-order valence-corrected chi connectivity index (χ1v) is 15.3. The van der Waals surface area contributed by atoms with Gasteiger partial charge in [-0.2, -0.15) is 0 Å². The maximum atomic E-state index is 11.3. The summed E-state index contributed by atoms with van der Waals surface area (Å²) in [6.07, 6.45) is 2.37. The molecule has 0 atom stereocenters. The molecule has 0 amide bonds. The molecule has 0 spiro atoms. The lowest BCUT2D eigenvalue weighted by Gasteiger charge is -2.34. The molecular weight excluding hydrogens is 549 g/mol. The molecule has 0 N–H and O–H groups in total. The second-order valence-electron chi connectivity index (χ2n) is 9.33. The Morgan fingerprint density at radius 1 is 0.610 bits per heavy atom. The van der Waals surface area contributed by atoms with Gasteiger partial charge in [0.15, 0.2) is 0 Å². The number of carbonyl (C=O) groups excluding carboxylic acids is 2. The Balaban J connectivity index is 1.48. The van der Waals surface area contributed by atoms with Gasteiger partial charge >= 0.3 is 11.9 Å². The molecule has 0 unspecified atom stereocenters. The van der Waals surface area contributed by atoms with Crippen molar-refractivity contribution in [1.82, 2.24) is 0 Å². The molecule has 4 aromatic carbocycles. The smallest absolute Gasteiger partial charge is 0.330 e. The molecular formula is C35H30O4S2. The molecule has 0 aromatic heterocycles. The van der Waals surface area contributed by atoms with Crippen LogP contribution in [0, 0.1) is 0 Å². The molecule has 206 valence electrons. The van der Waals surface area contributed by atoms with Crippen LogP contribution in [0.25, 0.3) is 11.1 Å². The molecule has 0 saturated carbocycles. The van der Waals surface area contributed by atoms with E-state index in [1.165, 1.54) is 45.5 Å². The Hall–Kier alpha value is -4.00. The van der Waals surface area contributed by atoms with Gasteiger partial charge in [-0.15, -0.1) is 23.5 Å². The van der Waals surface area contributed by atoms with E-state index in [1.54, 1.807) is 23.5 Å². The van der Waals surface area contributed by atoms with Crippen molar-refractivity contribution >= 4 is 35.5 Å². The molecule has 1 aliphatic carbocycles. The Labute approximate surface area is 249 Å². The van der Waals surface area contributed by atoms with Crippen LogP contribution >= 0.6 is 23.5 Å². The minimum atomic E-state index is -0.474. The van der Waals surface area contributed by atoms with Crippen molar-refractivity contribution in [3.63, 3.8) is 0 Å². The van der Waals surface area contributed by atoms with Gasteiger partial charge in [-0.1, -0.05) is 86.0 Å². The second kappa shape index (κ2) is 13.1. The van der Waals surface area contributed by atoms with Crippen LogP contribution in [0.4, 0.5) is 0 Å². The number of esters is 2. The van der Waals surface area contributed by atoms with Crippen molar-refractivity contribution in [3.8, 4) is 11.1 Å². The quantitative estimate of drug-likeness (QED) is 0.0655. The summed E-state index contributed by atoms with van der Waals surface area (Å²) in [5.41, 5.74) is 6.91. The zero-order valence-electron chi connectivity index (χ0n) is 22.6. The fourth-order valence-electron chi connectivity index (χ4n) is 5.35.